The van der Waals surface area contributed by atoms with Crippen LogP contribution >= 0.6 is 11.3 Å². The van der Waals surface area contributed by atoms with Crippen LogP contribution in [0.5, 0.6) is 0 Å². The molecule has 3 heteroatoms. The van der Waals surface area contributed by atoms with Gasteiger partial charge < -0.3 is 10.1 Å². The molecule has 1 aliphatic heterocycles. The number of likely N-dealkylation sites (N-methyl/N-ethyl adjacent to an activating group) is 1. The maximum Gasteiger partial charge on any atom is 0.104 e. The maximum absolute atomic E-state index is 5.86. The minimum atomic E-state index is 0.273. The van der Waals surface area contributed by atoms with Crippen LogP contribution in [0.15, 0.2) is 11.4 Å². The van der Waals surface area contributed by atoms with Gasteiger partial charge in [-0.05, 0) is 43.3 Å². The molecule has 0 fully saturated rings. The van der Waals surface area contributed by atoms with Gasteiger partial charge in [0.1, 0.15) is 6.10 Å². The number of nitrogens with one attached hydrogen (secondary N) is 1. The third-order valence-electron chi connectivity index (χ3n) is 2.62. The molecule has 1 aliphatic rings. The zero-order valence-corrected chi connectivity index (χ0v) is 9.40. The Morgan fingerprint density at radius 2 is 2.50 bits per heavy atom. The summed E-state index contributed by atoms with van der Waals surface area (Å²) < 4.78 is 5.86. The van der Waals surface area contributed by atoms with Gasteiger partial charge in [-0.1, -0.05) is 0 Å². The van der Waals surface area contributed by atoms with E-state index >= 15 is 0 Å². The Morgan fingerprint density at radius 1 is 1.57 bits per heavy atom. The lowest BCUT2D eigenvalue weighted by molar-refractivity contribution is 0.0503. The average Bonchev–Trinajstić information content (AvgIpc) is 2.59. The Bertz CT molecular complexity index is 285. The topological polar surface area (TPSA) is 21.3 Å². The lowest BCUT2D eigenvalue weighted by Crippen LogP contribution is -2.21. The third kappa shape index (κ3) is 2.16. The van der Waals surface area contributed by atoms with Gasteiger partial charge in [0.25, 0.3) is 0 Å². The Balaban J connectivity index is 2.18. The van der Waals surface area contributed by atoms with Crippen LogP contribution in [0.25, 0.3) is 0 Å². The van der Waals surface area contributed by atoms with Crippen molar-refractivity contribution in [3.63, 3.8) is 0 Å². The number of rotatable bonds is 2. The Kier molecular flexibility index (Phi) is 3.56. The van der Waals surface area contributed by atoms with E-state index in [4.69, 9.17) is 4.74 Å². The van der Waals surface area contributed by atoms with Crippen molar-refractivity contribution in [3.05, 3.63) is 21.9 Å². The third-order valence-corrected chi connectivity index (χ3v) is 3.67. The highest BCUT2D eigenvalue weighted by atomic mass is 32.1. The van der Waals surface area contributed by atoms with Gasteiger partial charge in [-0.3, -0.25) is 0 Å². The number of aryl methyl sites for hydroxylation is 1. The monoisotopic (exact) mass is 211 g/mol. The van der Waals surface area contributed by atoms with Crippen molar-refractivity contribution in [1.82, 2.24) is 5.32 Å². The molecular formula is C11H17NOS. The molecule has 78 valence electrons. The highest BCUT2D eigenvalue weighted by Crippen LogP contribution is 2.30. The number of hydrogen-bond donors (Lipinski definition) is 1. The molecule has 0 radical (unpaired) electrons. The summed E-state index contributed by atoms with van der Waals surface area (Å²) in [4.78, 5) is 1.43. The van der Waals surface area contributed by atoms with Crippen LogP contribution in [-0.4, -0.2) is 20.2 Å². The van der Waals surface area contributed by atoms with E-state index in [2.05, 4.69) is 16.8 Å². The molecule has 0 aliphatic carbocycles. The van der Waals surface area contributed by atoms with Crippen LogP contribution < -0.4 is 5.32 Å². The molecule has 1 aromatic heterocycles. The first-order valence-corrected chi connectivity index (χ1v) is 6.12. The SMILES string of the molecule is CNC[C@@H]1OCCCCc2ccsc21. The van der Waals surface area contributed by atoms with Gasteiger partial charge in [0.2, 0.25) is 0 Å². The predicted molar refractivity (Wildman–Crippen MR) is 59.9 cm³/mol. The highest BCUT2D eigenvalue weighted by Gasteiger charge is 2.18. The molecule has 0 saturated carbocycles. The maximum atomic E-state index is 5.86. The molecule has 1 atom stereocenters. The quantitative estimate of drug-likeness (QED) is 0.811. The van der Waals surface area contributed by atoms with E-state index in [9.17, 15) is 0 Å². The predicted octanol–water partition coefficient (Wildman–Crippen LogP) is 2.36. The van der Waals surface area contributed by atoms with Crippen LogP contribution in [0, 0.1) is 0 Å². The van der Waals surface area contributed by atoms with Gasteiger partial charge in [-0.2, -0.15) is 0 Å². The Labute approximate surface area is 89.3 Å². The largest absolute Gasteiger partial charge is 0.371 e. The average molecular weight is 211 g/mol. The van der Waals surface area contributed by atoms with E-state index in [0.29, 0.717) is 0 Å². The standard InChI is InChI=1S/C11H17NOS/c1-12-8-10-11-9(5-7-14-11)4-2-3-6-13-10/h5,7,10,12H,2-4,6,8H2,1H3/t10-/m0/s1. The first kappa shape index (κ1) is 10.1. The van der Waals surface area contributed by atoms with E-state index < -0.39 is 0 Å². The van der Waals surface area contributed by atoms with Gasteiger partial charge in [0.05, 0.1) is 0 Å². The van der Waals surface area contributed by atoms with Gasteiger partial charge in [-0.15, -0.1) is 11.3 Å². The highest BCUT2D eigenvalue weighted by molar-refractivity contribution is 7.10. The van der Waals surface area contributed by atoms with Crippen LogP contribution in [0.2, 0.25) is 0 Å². The van der Waals surface area contributed by atoms with Crippen molar-refractivity contribution >= 4 is 11.3 Å². The molecule has 2 rings (SSSR count). The lowest BCUT2D eigenvalue weighted by Gasteiger charge is -2.20. The van der Waals surface area contributed by atoms with E-state index in [1.807, 2.05) is 18.4 Å². The van der Waals surface area contributed by atoms with Crippen molar-refractivity contribution < 1.29 is 4.74 Å². The first-order valence-electron chi connectivity index (χ1n) is 5.24. The molecule has 0 bridgehead atoms. The normalized spacial score (nSPS) is 22.5. The summed E-state index contributed by atoms with van der Waals surface area (Å²) in [6, 6.07) is 2.25. The van der Waals surface area contributed by atoms with Crippen molar-refractivity contribution in [1.29, 1.82) is 0 Å². The number of ether oxygens (including phenoxy) is 1. The molecule has 2 nitrogen and oxygen atoms in total. The van der Waals surface area contributed by atoms with Gasteiger partial charge in [-0.25, -0.2) is 0 Å². The minimum Gasteiger partial charge on any atom is -0.371 e. The van der Waals surface area contributed by atoms with Crippen LogP contribution in [0.4, 0.5) is 0 Å². The molecule has 14 heavy (non-hydrogen) atoms. The fourth-order valence-electron chi connectivity index (χ4n) is 1.89. The van der Waals surface area contributed by atoms with Crippen LogP contribution in [0.1, 0.15) is 29.4 Å². The summed E-state index contributed by atoms with van der Waals surface area (Å²) in [5, 5.41) is 5.38. The van der Waals surface area contributed by atoms with Gasteiger partial charge >= 0.3 is 0 Å². The summed E-state index contributed by atoms with van der Waals surface area (Å²) in [6.45, 7) is 1.83. The molecule has 2 heterocycles. The second kappa shape index (κ2) is 4.91. The molecule has 0 spiro atoms. The van der Waals surface area contributed by atoms with Crippen molar-refractivity contribution in [2.45, 2.75) is 25.4 Å². The zero-order valence-electron chi connectivity index (χ0n) is 8.58. The Hall–Kier alpha value is -0.380. The Morgan fingerprint density at radius 3 is 3.36 bits per heavy atom. The zero-order chi connectivity index (χ0) is 9.80. The van der Waals surface area contributed by atoms with E-state index in [-0.39, 0.29) is 6.10 Å². The fourth-order valence-corrected chi connectivity index (χ4v) is 2.90. The second-order valence-corrected chi connectivity index (χ2v) is 4.63. The smallest absolute Gasteiger partial charge is 0.104 e. The van der Waals surface area contributed by atoms with Crippen molar-refractivity contribution in [3.8, 4) is 0 Å². The molecule has 1 N–H and O–H groups in total. The minimum absolute atomic E-state index is 0.273. The van der Waals surface area contributed by atoms with Crippen molar-refractivity contribution in [2.75, 3.05) is 20.2 Å². The second-order valence-electron chi connectivity index (χ2n) is 3.68. The van der Waals surface area contributed by atoms with Gasteiger partial charge in [0, 0.05) is 18.0 Å². The molecule has 0 amide bonds. The summed E-state index contributed by atoms with van der Waals surface area (Å²) in [7, 11) is 1.98. The first-order chi connectivity index (χ1) is 6.92. The van der Waals surface area contributed by atoms with E-state index in [0.717, 1.165) is 13.2 Å². The number of thiophene rings is 1. The van der Waals surface area contributed by atoms with Gasteiger partial charge in [0.15, 0.2) is 0 Å². The summed E-state index contributed by atoms with van der Waals surface area (Å²) in [6.07, 6.45) is 3.95. The summed E-state index contributed by atoms with van der Waals surface area (Å²) >= 11 is 1.83. The van der Waals surface area contributed by atoms with Crippen LogP contribution in [-0.2, 0) is 11.2 Å². The van der Waals surface area contributed by atoms with Crippen molar-refractivity contribution in [2.24, 2.45) is 0 Å². The van der Waals surface area contributed by atoms with E-state index in [1.54, 1.807) is 0 Å². The molecule has 0 unspecified atom stereocenters. The summed E-state index contributed by atoms with van der Waals surface area (Å²) in [5.74, 6) is 0. The molecule has 1 aromatic rings. The fraction of sp³-hybridized carbons (Fsp3) is 0.636. The van der Waals surface area contributed by atoms with E-state index in [1.165, 1.54) is 29.7 Å². The number of fused-ring (bicyclic) bond motifs is 1. The molecular weight excluding hydrogens is 194 g/mol. The number of hydrogen-bond acceptors (Lipinski definition) is 3. The summed E-state index contributed by atoms with van der Waals surface area (Å²) in [5.41, 5.74) is 1.50. The molecule has 0 aromatic carbocycles. The molecule has 0 saturated heterocycles. The lowest BCUT2D eigenvalue weighted by atomic mass is 10.1. The van der Waals surface area contributed by atoms with Crippen LogP contribution in [0.3, 0.4) is 0 Å².